The number of esters is 1. The molecule has 0 aromatic rings. The van der Waals surface area contributed by atoms with Gasteiger partial charge in [0.15, 0.2) is 0 Å². The van der Waals surface area contributed by atoms with E-state index in [0.717, 1.165) is 6.42 Å². The fourth-order valence-corrected chi connectivity index (χ4v) is 0.436. The van der Waals surface area contributed by atoms with Crippen molar-refractivity contribution in [3.8, 4) is 0 Å². The Balaban J connectivity index is 3.57. The molecule has 0 aromatic heterocycles. The minimum absolute atomic E-state index is 0.104. The zero-order valence-electron chi connectivity index (χ0n) is 5.93. The summed E-state index contributed by atoms with van der Waals surface area (Å²) in [5.74, 6) is -0.572. The summed E-state index contributed by atoms with van der Waals surface area (Å²) in [6, 6.07) is 0. The molecule has 0 aliphatic rings. The number of hydrogen-bond donors (Lipinski definition) is 0. The Morgan fingerprint density at radius 1 is 1.60 bits per heavy atom. The Morgan fingerprint density at radius 2 is 2.10 bits per heavy atom. The number of rotatable bonds is 3. The molecule has 60 valence electrons. The molecule has 4 heteroatoms. The van der Waals surface area contributed by atoms with Gasteiger partial charge in [-0.05, 0) is 13.3 Å². The summed E-state index contributed by atoms with van der Waals surface area (Å²) in [4.78, 5) is 9.56. The van der Waals surface area contributed by atoms with Crippen LogP contribution >= 0.6 is 23.2 Å². The fourth-order valence-electron chi connectivity index (χ4n) is 0.333. The SMILES string of the molecule is CCC(C)OC(=O)C(Cl)Cl. The third-order valence-electron chi connectivity index (χ3n) is 1.07. The highest BCUT2D eigenvalue weighted by Gasteiger charge is 2.14. The monoisotopic (exact) mass is 184 g/mol. The summed E-state index contributed by atoms with van der Waals surface area (Å²) < 4.78 is 4.76. The topological polar surface area (TPSA) is 26.3 Å². The van der Waals surface area contributed by atoms with E-state index >= 15 is 0 Å². The Bertz CT molecular complexity index is 114. The normalized spacial score (nSPS) is 13.3. The van der Waals surface area contributed by atoms with Crippen molar-refractivity contribution in [3.63, 3.8) is 0 Å². The van der Waals surface area contributed by atoms with E-state index in [-0.39, 0.29) is 6.10 Å². The molecule has 0 bridgehead atoms. The highest BCUT2D eigenvalue weighted by Crippen LogP contribution is 2.06. The molecular weight excluding hydrogens is 175 g/mol. The fraction of sp³-hybridized carbons (Fsp3) is 0.833. The molecule has 0 aliphatic carbocycles. The van der Waals surface area contributed by atoms with Gasteiger partial charge in [0.05, 0.1) is 6.10 Å². The summed E-state index contributed by atoms with van der Waals surface area (Å²) in [7, 11) is 0. The van der Waals surface area contributed by atoms with Gasteiger partial charge in [-0.1, -0.05) is 30.1 Å². The first-order valence-corrected chi connectivity index (χ1v) is 3.93. The molecule has 0 saturated carbocycles. The van der Waals surface area contributed by atoms with Crippen molar-refractivity contribution in [1.29, 1.82) is 0 Å². The third-order valence-corrected chi connectivity index (χ3v) is 1.43. The molecule has 0 radical (unpaired) electrons. The molecule has 0 heterocycles. The maximum absolute atomic E-state index is 10.6. The predicted molar refractivity (Wildman–Crippen MR) is 41.3 cm³/mol. The lowest BCUT2D eigenvalue weighted by Crippen LogP contribution is -2.18. The lowest BCUT2D eigenvalue weighted by molar-refractivity contribution is -0.146. The van der Waals surface area contributed by atoms with Crippen LogP contribution in [0.3, 0.4) is 0 Å². The highest BCUT2D eigenvalue weighted by molar-refractivity contribution is 6.52. The van der Waals surface area contributed by atoms with Crippen LogP contribution in [-0.2, 0) is 9.53 Å². The second kappa shape index (κ2) is 4.80. The second-order valence-electron chi connectivity index (χ2n) is 1.96. The van der Waals surface area contributed by atoms with Gasteiger partial charge >= 0.3 is 5.97 Å². The van der Waals surface area contributed by atoms with E-state index in [1.165, 1.54) is 0 Å². The van der Waals surface area contributed by atoms with Crippen LogP contribution in [0.1, 0.15) is 20.3 Å². The molecule has 0 saturated heterocycles. The highest BCUT2D eigenvalue weighted by atomic mass is 35.5. The zero-order valence-corrected chi connectivity index (χ0v) is 7.45. The quantitative estimate of drug-likeness (QED) is 0.497. The maximum atomic E-state index is 10.6. The Kier molecular flexibility index (Phi) is 4.83. The van der Waals surface area contributed by atoms with Gasteiger partial charge in [0.1, 0.15) is 0 Å². The molecule has 0 fully saturated rings. The van der Waals surface area contributed by atoms with Gasteiger partial charge in [0.25, 0.3) is 0 Å². The molecule has 1 atom stereocenters. The van der Waals surface area contributed by atoms with Gasteiger partial charge in [-0.3, -0.25) is 0 Å². The first-order valence-electron chi connectivity index (χ1n) is 3.06. The van der Waals surface area contributed by atoms with Crippen LogP contribution in [0.15, 0.2) is 0 Å². The number of carbonyl (C=O) groups excluding carboxylic acids is 1. The maximum Gasteiger partial charge on any atom is 0.339 e. The van der Waals surface area contributed by atoms with Crippen LogP contribution in [0.2, 0.25) is 0 Å². The average Bonchev–Trinajstić information content (AvgIpc) is 1.87. The Labute approximate surface area is 70.4 Å². The van der Waals surface area contributed by atoms with E-state index in [2.05, 4.69) is 0 Å². The first kappa shape index (κ1) is 10.0. The number of carbonyl (C=O) groups is 1. The molecular formula is C6H10Cl2O2. The van der Waals surface area contributed by atoms with Crippen LogP contribution in [0.25, 0.3) is 0 Å². The molecule has 0 rings (SSSR count). The van der Waals surface area contributed by atoms with Crippen molar-refractivity contribution in [2.75, 3.05) is 0 Å². The van der Waals surface area contributed by atoms with E-state index in [1.807, 2.05) is 6.92 Å². The van der Waals surface area contributed by atoms with E-state index in [0.29, 0.717) is 0 Å². The molecule has 0 aliphatic heterocycles. The van der Waals surface area contributed by atoms with E-state index < -0.39 is 10.8 Å². The van der Waals surface area contributed by atoms with Gasteiger partial charge < -0.3 is 4.74 Å². The van der Waals surface area contributed by atoms with Crippen molar-refractivity contribution in [1.82, 2.24) is 0 Å². The Morgan fingerprint density at radius 3 is 2.40 bits per heavy atom. The largest absolute Gasteiger partial charge is 0.461 e. The predicted octanol–water partition coefficient (Wildman–Crippen LogP) is 2.13. The van der Waals surface area contributed by atoms with Gasteiger partial charge in [0, 0.05) is 0 Å². The molecule has 1 unspecified atom stereocenters. The molecule has 2 nitrogen and oxygen atoms in total. The van der Waals surface area contributed by atoms with Gasteiger partial charge in [-0.25, -0.2) is 4.79 Å². The van der Waals surface area contributed by atoms with E-state index in [4.69, 9.17) is 27.9 Å². The number of halogens is 2. The molecule has 0 amide bonds. The van der Waals surface area contributed by atoms with Crippen LogP contribution < -0.4 is 0 Å². The van der Waals surface area contributed by atoms with Crippen LogP contribution in [0.5, 0.6) is 0 Å². The van der Waals surface area contributed by atoms with Crippen molar-refractivity contribution in [3.05, 3.63) is 0 Å². The zero-order chi connectivity index (χ0) is 8.15. The summed E-state index contributed by atoms with van der Waals surface area (Å²) in [6.07, 6.45) is 0.666. The summed E-state index contributed by atoms with van der Waals surface area (Å²) in [5, 5.41) is 0. The smallest absolute Gasteiger partial charge is 0.339 e. The first-order chi connectivity index (χ1) is 4.57. The van der Waals surface area contributed by atoms with Gasteiger partial charge in [-0.15, -0.1) is 0 Å². The molecule has 0 N–H and O–H groups in total. The van der Waals surface area contributed by atoms with Crippen molar-refractivity contribution < 1.29 is 9.53 Å². The number of alkyl halides is 2. The number of hydrogen-bond acceptors (Lipinski definition) is 2. The van der Waals surface area contributed by atoms with E-state index in [9.17, 15) is 4.79 Å². The summed E-state index contributed by atoms with van der Waals surface area (Å²) in [5.41, 5.74) is 0. The molecule has 0 aromatic carbocycles. The van der Waals surface area contributed by atoms with Gasteiger partial charge in [0.2, 0.25) is 4.84 Å². The van der Waals surface area contributed by atoms with Crippen molar-refractivity contribution in [2.45, 2.75) is 31.2 Å². The summed E-state index contributed by atoms with van der Waals surface area (Å²) >= 11 is 10.4. The van der Waals surface area contributed by atoms with Gasteiger partial charge in [-0.2, -0.15) is 0 Å². The minimum Gasteiger partial charge on any atom is -0.461 e. The lowest BCUT2D eigenvalue weighted by atomic mass is 10.3. The average molecular weight is 185 g/mol. The molecule has 0 spiro atoms. The van der Waals surface area contributed by atoms with Crippen LogP contribution in [0.4, 0.5) is 0 Å². The minimum atomic E-state index is -1.06. The van der Waals surface area contributed by atoms with Crippen LogP contribution in [0, 0.1) is 0 Å². The van der Waals surface area contributed by atoms with Crippen LogP contribution in [-0.4, -0.2) is 16.9 Å². The van der Waals surface area contributed by atoms with Crippen molar-refractivity contribution >= 4 is 29.2 Å². The van der Waals surface area contributed by atoms with Crippen molar-refractivity contribution in [2.24, 2.45) is 0 Å². The summed E-state index contributed by atoms with van der Waals surface area (Å²) in [6.45, 7) is 3.70. The Hall–Kier alpha value is 0.0500. The standard InChI is InChI=1S/C6H10Cl2O2/c1-3-4(2)10-6(9)5(7)8/h4-5H,3H2,1-2H3. The number of ether oxygens (including phenoxy) is 1. The molecule has 10 heavy (non-hydrogen) atoms. The lowest BCUT2D eigenvalue weighted by Gasteiger charge is -2.10. The second-order valence-corrected chi connectivity index (χ2v) is 3.05. The third kappa shape index (κ3) is 3.96. The van der Waals surface area contributed by atoms with E-state index in [1.54, 1.807) is 6.92 Å².